The number of nitrogens with zero attached hydrogens (tertiary/aromatic N) is 2. The average Bonchev–Trinajstić information content (AvgIpc) is 2.97. The molecular formula is C34H34Cl2F3N3O5. The second-order valence-electron chi connectivity index (χ2n) is 11.6. The third kappa shape index (κ3) is 8.09. The topological polar surface area (TPSA) is 99.2 Å². The lowest BCUT2D eigenvalue weighted by Crippen LogP contribution is -2.72. The highest BCUT2D eigenvalue weighted by Gasteiger charge is 2.63. The molecule has 1 aliphatic rings. The highest BCUT2D eigenvalue weighted by molar-refractivity contribution is 6.34. The molecule has 250 valence electrons. The van der Waals surface area contributed by atoms with Gasteiger partial charge >= 0.3 is 6.18 Å². The molecule has 0 radical (unpaired) electrons. The predicted octanol–water partition coefficient (Wildman–Crippen LogP) is 6.58. The van der Waals surface area contributed by atoms with Crippen molar-refractivity contribution >= 4 is 46.6 Å². The normalized spacial score (nSPS) is 17.2. The Labute approximate surface area is 280 Å². The number of rotatable bonds is 10. The van der Waals surface area contributed by atoms with Gasteiger partial charge in [-0.15, -0.1) is 0 Å². The van der Waals surface area contributed by atoms with E-state index in [-0.39, 0.29) is 23.6 Å². The minimum Gasteiger partial charge on any atom is -0.489 e. The second kappa shape index (κ2) is 14.4. The van der Waals surface area contributed by atoms with E-state index in [1.54, 1.807) is 79.8 Å². The molecule has 1 aliphatic heterocycles. The molecule has 4 rings (SSSR count). The van der Waals surface area contributed by atoms with Crippen LogP contribution in [0.4, 0.5) is 13.2 Å². The van der Waals surface area contributed by atoms with E-state index in [2.05, 4.69) is 0 Å². The Morgan fingerprint density at radius 3 is 2.15 bits per heavy atom. The summed E-state index contributed by atoms with van der Waals surface area (Å²) in [5.41, 5.74) is -2.81. The molecule has 0 spiro atoms. The highest BCUT2D eigenvalue weighted by atomic mass is 35.5. The summed E-state index contributed by atoms with van der Waals surface area (Å²) in [5, 5.41) is 14.0. The maximum absolute atomic E-state index is 14.9. The molecule has 47 heavy (non-hydrogen) atoms. The van der Waals surface area contributed by atoms with Crippen LogP contribution in [-0.2, 0) is 27.4 Å². The fourth-order valence-corrected chi connectivity index (χ4v) is 6.13. The summed E-state index contributed by atoms with van der Waals surface area (Å²) in [6.07, 6.45) is -4.65. The zero-order valence-corrected chi connectivity index (χ0v) is 27.5. The van der Waals surface area contributed by atoms with Crippen LogP contribution in [0.3, 0.4) is 0 Å². The van der Waals surface area contributed by atoms with Crippen molar-refractivity contribution < 1.29 is 37.4 Å². The molecule has 3 aromatic carbocycles. The van der Waals surface area contributed by atoms with Crippen LogP contribution in [0, 0.1) is 5.92 Å². The van der Waals surface area contributed by atoms with E-state index < -0.39 is 54.0 Å². The smallest absolute Gasteiger partial charge is 0.438 e. The van der Waals surface area contributed by atoms with Gasteiger partial charge in [0, 0.05) is 35.7 Å². The second-order valence-corrected chi connectivity index (χ2v) is 12.5. The Morgan fingerprint density at radius 1 is 0.957 bits per heavy atom. The van der Waals surface area contributed by atoms with E-state index in [0.717, 1.165) is 11.8 Å². The van der Waals surface area contributed by atoms with E-state index in [0.29, 0.717) is 21.2 Å². The molecule has 3 aromatic rings. The zero-order chi connectivity index (χ0) is 34.7. The van der Waals surface area contributed by atoms with Crippen LogP contribution in [0.15, 0.2) is 79.0 Å². The van der Waals surface area contributed by atoms with Gasteiger partial charge in [-0.1, -0.05) is 79.5 Å². The average molecular weight is 693 g/mol. The first kappa shape index (κ1) is 35.8. The Bertz CT molecular complexity index is 1650. The van der Waals surface area contributed by atoms with E-state index >= 15 is 0 Å². The first-order valence-electron chi connectivity index (χ1n) is 14.7. The number of carbonyl (C=O) groups is 3. The van der Waals surface area contributed by atoms with Crippen molar-refractivity contribution in [2.75, 3.05) is 0 Å². The Balaban J connectivity index is 1.91. The van der Waals surface area contributed by atoms with E-state index in [1.165, 1.54) is 30.2 Å². The number of hydrogen-bond donors (Lipinski definition) is 2. The predicted molar refractivity (Wildman–Crippen MR) is 172 cm³/mol. The molecular weight excluding hydrogens is 658 g/mol. The lowest BCUT2D eigenvalue weighted by Gasteiger charge is -2.49. The van der Waals surface area contributed by atoms with Crippen LogP contribution in [0.5, 0.6) is 5.75 Å². The molecule has 0 aliphatic carbocycles. The molecule has 13 heteroatoms. The number of halogens is 5. The molecule has 8 nitrogen and oxygen atoms in total. The van der Waals surface area contributed by atoms with Gasteiger partial charge in [-0.25, -0.2) is 0 Å². The first-order valence-corrected chi connectivity index (χ1v) is 15.4. The van der Waals surface area contributed by atoms with Gasteiger partial charge in [-0.05, 0) is 53.8 Å². The third-order valence-electron chi connectivity index (χ3n) is 7.63. The van der Waals surface area contributed by atoms with Gasteiger partial charge in [0.15, 0.2) is 0 Å². The summed E-state index contributed by atoms with van der Waals surface area (Å²) in [4.78, 5) is 41.5. The van der Waals surface area contributed by atoms with Gasteiger partial charge in [0.05, 0.1) is 11.7 Å². The molecule has 0 aromatic heterocycles. The van der Waals surface area contributed by atoms with E-state index in [4.69, 9.17) is 27.9 Å². The number of aliphatic hydroxyl groups is 1. The van der Waals surface area contributed by atoms with Crippen molar-refractivity contribution in [2.24, 2.45) is 5.92 Å². The molecule has 3 amide bonds. The largest absolute Gasteiger partial charge is 0.489 e. The summed E-state index contributed by atoms with van der Waals surface area (Å²) in [6.45, 7) is 5.43. The molecule has 2 N–H and O–H groups in total. The molecule has 0 fully saturated rings. The lowest BCUT2D eigenvalue weighted by atomic mass is 9.88. The van der Waals surface area contributed by atoms with Gasteiger partial charge in [-0.3, -0.25) is 19.3 Å². The minimum absolute atomic E-state index is 0.0351. The minimum atomic E-state index is -5.43. The van der Waals surface area contributed by atoms with Crippen LogP contribution in [-0.4, -0.2) is 56.6 Å². The monoisotopic (exact) mass is 691 g/mol. The van der Waals surface area contributed by atoms with Gasteiger partial charge < -0.3 is 20.1 Å². The van der Waals surface area contributed by atoms with Crippen molar-refractivity contribution in [1.82, 2.24) is 15.1 Å². The Kier molecular flexibility index (Phi) is 10.9. The van der Waals surface area contributed by atoms with Crippen LogP contribution < -0.4 is 10.1 Å². The van der Waals surface area contributed by atoms with E-state index in [1.807, 2.05) is 0 Å². The van der Waals surface area contributed by atoms with Crippen LogP contribution >= 0.6 is 23.2 Å². The van der Waals surface area contributed by atoms with Crippen LogP contribution in [0.2, 0.25) is 10.0 Å². The van der Waals surface area contributed by atoms with Crippen molar-refractivity contribution in [3.8, 4) is 5.75 Å². The summed E-state index contributed by atoms with van der Waals surface area (Å²) in [5.74, 6) is -2.82. The number of hydrogen-bond acceptors (Lipinski definition) is 5. The molecule has 0 saturated heterocycles. The van der Waals surface area contributed by atoms with Gasteiger partial charge in [0.2, 0.25) is 11.8 Å². The molecule has 3 atom stereocenters. The summed E-state index contributed by atoms with van der Waals surface area (Å²) < 4.78 is 50.8. The standard InChI is InChI=1S/C34H34Cl2F3N3O5/c1-20(2)31-32(45)42(30(15-23-9-6-5-7-10-23)33(46,34(37,38)39)40-21(3)43)29(18-41(31)22(4)44)25-11-8-12-28(16-25)47-19-24-13-26(35)17-27(36)14-24/h5-14,16-18,20,30-31,46H,15,19H2,1-4H3,(H,40,43)/t30?,31-,33?/m1/s1. The number of benzene rings is 3. The highest BCUT2D eigenvalue weighted by Crippen LogP contribution is 2.41. The molecule has 0 saturated carbocycles. The quantitative estimate of drug-likeness (QED) is 0.234. The van der Waals surface area contributed by atoms with Gasteiger partial charge in [0.25, 0.3) is 11.6 Å². The maximum Gasteiger partial charge on any atom is 0.438 e. The number of alkyl halides is 3. The summed E-state index contributed by atoms with van der Waals surface area (Å²) in [7, 11) is 0. The fourth-order valence-electron chi connectivity index (χ4n) is 5.56. The first-order chi connectivity index (χ1) is 22.0. The van der Waals surface area contributed by atoms with E-state index in [9.17, 15) is 32.7 Å². The van der Waals surface area contributed by atoms with Gasteiger partial charge in [0.1, 0.15) is 18.4 Å². The van der Waals surface area contributed by atoms with Gasteiger partial charge in [-0.2, -0.15) is 13.2 Å². The molecule has 1 heterocycles. The van der Waals surface area contributed by atoms with Crippen LogP contribution in [0.25, 0.3) is 5.70 Å². The number of ether oxygens (including phenoxy) is 1. The van der Waals surface area contributed by atoms with Crippen molar-refractivity contribution in [3.05, 3.63) is 106 Å². The maximum atomic E-state index is 14.9. The lowest BCUT2D eigenvalue weighted by molar-refractivity contribution is -0.287. The van der Waals surface area contributed by atoms with Crippen LogP contribution in [0.1, 0.15) is 44.4 Å². The number of nitrogens with one attached hydrogen (secondary N) is 1. The third-order valence-corrected chi connectivity index (χ3v) is 8.06. The molecule has 0 bridgehead atoms. The molecule has 2 unspecified atom stereocenters. The van der Waals surface area contributed by atoms with Crippen molar-refractivity contribution in [2.45, 2.75) is 64.7 Å². The van der Waals surface area contributed by atoms with Crippen molar-refractivity contribution in [3.63, 3.8) is 0 Å². The summed E-state index contributed by atoms with van der Waals surface area (Å²) >= 11 is 12.2. The Morgan fingerprint density at radius 2 is 1.60 bits per heavy atom. The zero-order valence-electron chi connectivity index (χ0n) is 26.0. The number of carbonyl (C=O) groups excluding carboxylic acids is 3. The SMILES string of the molecule is CC(=O)NC(O)(C(Cc1ccccc1)N1C(=O)[C@@H](C(C)C)N(C(C)=O)C=C1c1cccc(OCc2cc(Cl)cc(Cl)c2)c1)C(F)(F)F. The van der Waals surface area contributed by atoms with Crippen molar-refractivity contribution in [1.29, 1.82) is 0 Å². The fraction of sp³-hybridized carbons (Fsp3) is 0.324. The summed E-state index contributed by atoms with van der Waals surface area (Å²) in [6, 6.07) is 15.7. The Hall–Kier alpha value is -4.06. The number of amides is 3.